The smallest absolute Gasteiger partial charge is 0.416 e. The molecule has 1 heterocycles. The topological polar surface area (TPSA) is 62.5 Å². The van der Waals surface area contributed by atoms with Gasteiger partial charge in [0.15, 0.2) is 0 Å². The van der Waals surface area contributed by atoms with Crippen LogP contribution in [0.5, 0.6) is 0 Å². The Morgan fingerprint density at radius 3 is 2.54 bits per heavy atom. The van der Waals surface area contributed by atoms with Crippen molar-refractivity contribution in [3.05, 3.63) is 46.1 Å². The number of alkyl halides is 3. The molecule has 0 spiro atoms. The van der Waals surface area contributed by atoms with Gasteiger partial charge >= 0.3 is 12.1 Å². The standard InChI is InChI=1S/C20H21ClF3NO3/c1-11-14(19(27)28)9-17(25(11)10-12-4-2-3-5-18(12)26)15-8-13(20(22,23)24)6-7-16(15)21/h6-9,12,18,26H,2-5,10H2,1H3,(H,27,28). The Labute approximate surface area is 165 Å². The third kappa shape index (κ3) is 4.05. The number of aliphatic hydroxyl groups excluding tert-OH is 1. The quantitative estimate of drug-likeness (QED) is 0.704. The number of aromatic nitrogens is 1. The number of hydrogen-bond acceptors (Lipinski definition) is 2. The van der Waals surface area contributed by atoms with Crippen LogP contribution in [0.15, 0.2) is 24.3 Å². The number of carboxylic acids is 1. The van der Waals surface area contributed by atoms with Gasteiger partial charge in [0.05, 0.1) is 22.9 Å². The van der Waals surface area contributed by atoms with Gasteiger partial charge in [0, 0.05) is 28.7 Å². The van der Waals surface area contributed by atoms with Crippen LogP contribution in [0.1, 0.15) is 47.3 Å². The van der Waals surface area contributed by atoms with Gasteiger partial charge in [0.1, 0.15) is 0 Å². The van der Waals surface area contributed by atoms with Crippen molar-refractivity contribution in [3.63, 3.8) is 0 Å². The van der Waals surface area contributed by atoms with Gasteiger partial charge < -0.3 is 14.8 Å². The van der Waals surface area contributed by atoms with Crippen LogP contribution in [-0.2, 0) is 12.7 Å². The fourth-order valence-electron chi connectivity index (χ4n) is 3.85. The molecule has 1 aliphatic rings. The van der Waals surface area contributed by atoms with Crippen LogP contribution < -0.4 is 0 Å². The molecule has 8 heteroatoms. The molecule has 0 aliphatic heterocycles. The molecule has 0 radical (unpaired) electrons. The molecule has 1 aromatic heterocycles. The van der Waals surface area contributed by atoms with E-state index in [1.54, 1.807) is 11.5 Å². The monoisotopic (exact) mass is 415 g/mol. The minimum absolute atomic E-state index is 0.00813. The van der Waals surface area contributed by atoms with Crippen LogP contribution >= 0.6 is 11.6 Å². The molecular formula is C20H21ClF3NO3. The summed E-state index contributed by atoms with van der Waals surface area (Å²) in [6.07, 6.45) is -1.75. The minimum Gasteiger partial charge on any atom is -0.478 e. The van der Waals surface area contributed by atoms with E-state index in [-0.39, 0.29) is 22.1 Å². The number of rotatable bonds is 4. The first-order valence-electron chi connectivity index (χ1n) is 9.08. The molecule has 1 saturated carbocycles. The van der Waals surface area contributed by atoms with E-state index < -0.39 is 23.8 Å². The molecule has 1 aliphatic carbocycles. The summed E-state index contributed by atoms with van der Waals surface area (Å²) in [5.74, 6) is -1.25. The lowest BCUT2D eigenvalue weighted by Crippen LogP contribution is -2.29. The normalized spacial score (nSPS) is 20.4. The van der Waals surface area contributed by atoms with Gasteiger partial charge in [-0.3, -0.25) is 0 Å². The van der Waals surface area contributed by atoms with E-state index in [0.717, 1.165) is 31.4 Å². The maximum Gasteiger partial charge on any atom is 0.416 e. The van der Waals surface area contributed by atoms with Crippen molar-refractivity contribution in [2.24, 2.45) is 5.92 Å². The summed E-state index contributed by atoms with van der Waals surface area (Å²) in [5, 5.41) is 19.9. The Bertz CT molecular complexity index is 892. The average Bonchev–Trinajstić information content (AvgIpc) is 2.93. The SMILES string of the molecule is Cc1c(C(=O)O)cc(-c2cc(C(F)(F)F)ccc2Cl)n1CC1CCCCC1O. The Morgan fingerprint density at radius 1 is 1.25 bits per heavy atom. The summed E-state index contributed by atoms with van der Waals surface area (Å²) in [4.78, 5) is 11.6. The van der Waals surface area contributed by atoms with E-state index in [9.17, 15) is 28.2 Å². The molecule has 3 rings (SSSR count). The number of hydrogen-bond donors (Lipinski definition) is 2. The van der Waals surface area contributed by atoms with Crippen LogP contribution in [0.4, 0.5) is 13.2 Å². The fraction of sp³-hybridized carbons (Fsp3) is 0.450. The zero-order valence-corrected chi connectivity index (χ0v) is 16.0. The van der Waals surface area contributed by atoms with Gasteiger partial charge in [0.2, 0.25) is 0 Å². The van der Waals surface area contributed by atoms with Gasteiger partial charge in [-0.2, -0.15) is 13.2 Å². The molecule has 1 fully saturated rings. The van der Waals surface area contributed by atoms with Gasteiger partial charge in [-0.1, -0.05) is 24.4 Å². The number of carbonyl (C=O) groups is 1. The molecule has 0 saturated heterocycles. The predicted molar refractivity (Wildman–Crippen MR) is 99.5 cm³/mol. The second-order valence-corrected chi connectivity index (χ2v) is 7.66. The van der Waals surface area contributed by atoms with Crippen molar-refractivity contribution < 1.29 is 28.2 Å². The molecule has 2 aromatic rings. The molecule has 0 bridgehead atoms. The summed E-state index contributed by atoms with van der Waals surface area (Å²) >= 11 is 6.19. The third-order valence-electron chi connectivity index (χ3n) is 5.45. The lowest BCUT2D eigenvalue weighted by atomic mass is 9.86. The van der Waals surface area contributed by atoms with E-state index in [1.807, 2.05) is 0 Å². The molecular weight excluding hydrogens is 395 g/mol. The van der Waals surface area contributed by atoms with Crippen LogP contribution in [0.2, 0.25) is 5.02 Å². The van der Waals surface area contributed by atoms with Crippen molar-refractivity contribution in [2.75, 3.05) is 0 Å². The van der Waals surface area contributed by atoms with E-state index >= 15 is 0 Å². The van der Waals surface area contributed by atoms with E-state index in [2.05, 4.69) is 0 Å². The van der Waals surface area contributed by atoms with Crippen molar-refractivity contribution in [1.29, 1.82) is 0 Å². The predicted octanol–water partition coefficient (Wildman–Crippen LogP) is 5.39. The van der Waals surface area contributed by atoms with Crippen molar-refractivity contribution in [2.45, 2.75) is 51.4 Å². The number of carboxylic acid groups (broad SMARTS) is 1. The zero-order valence-electron chi connectivity index (χ0n) is 15.3. The number of benzene rings is 1. The summed E-state index contributed by atoms with van der Waals surface area (Å²) < 4.78 is 41.2. The van der Waals surface area contributed by atoms with Crippen molar-refractivity contribution in [3.8, 4) is 11.3 Å². The summed E-state index contributed by atoms with van der Waals surface area (Å²) in [5.41, 5.74) is 0.00979. The van der Waals surface area contributed by atoms with Crippen LogP contribution in [0, 0.1) is 12.8 Å². The molecule has 152 valence electrons. The molecule has 2 atom stereocenters. The molecule has 2 unspecified atom stereocenters. The van der Waals surface area contributed by atoms with Gasteiger partial charge in [-0.15, -0.1) is 0 Å². The molecule has 2 N–H and O–H groups in total. The third-order valence-corrected chi connectivity index (χ3v) is 5.78. The van der Waals surface area contributed by atoms with Crippen LogP contribution in [-0.4, -0.2) is 26.9 Å². The van der Waals surface area contributed by atoms with Crippen LogP contribution in [0.3, 0.4) is 0 Å². The van der Waals surface area contributed by atoms with Gasteiger partial charge in [0.25, 0.3) is 0 Å². The lowest BCUT2D eigenvalue weighted by Gasteiger charge is -2.29. The Hall–Kier alpha value is -1.99. The molecule has 28 heavy (non-hydrogen) atoms. The molecule has 4 nitrogen and oxygen atoms in total. The second kappa shape index (κ2) is 7.79. The lowest BCUT2D eigenvalue weighted by molar-refractivity contribution is -0.137. The summed E-state index contributed by atoms with van der Waals surface area (Å²) in [6.45, 7) is 1.94. The number of aliphatic hydroxyl groups is 1. The summed E-state index contributed by atoms with van der Waals surface area (Å²) in [6, 6.07) is 4.36. The summed E-state index contributed by atoms with van der Waals surface area (Å²) in [7, 11) is 0. The zero-order chi connectivity index (χ0) is 20.6. The average molecular weight is 416 g/mol. The highest BCUT2D eigenvalue weighted by atomic mass is 35.5. The molecule has 0 amide bonds. The maximum atomic E-state index is 13.2. The van der Waals surface area contributed by atoms with Crippen LogP contribution in [0.25, 0.3) is 11.3 Å². The largest absolute Gasteiger partial charge is 0.478 e. The minimum atomic E-state index is -4.54. The molecule has 1 aromatic carbocycles. The van der Waals surface area contributed by atoms with Gasteiger partial charge in [-0.05, 0) is 44.0 Å². The highest BCUT2D eigenvalue weighted by molar-refractivity contribution is 6.33. The Morgan fingerprint density at radius 2 is 1.93 bits per heavy atom. The van der Waals surface area contributed by atoms with E-state index in [0.29, 0.717) is 24.4 Å². The number of aromatic carboxylic acids is 1. The maximum absolute atomic E-state index is 13.2. The number of halogens is 4. The Kier molecular flexibility index (Phi) is 5.77. The first-order valence-corrected chi connectivity index (χ1v) is 9.46. The number of nitrogens with zero attached hydrogens (tertiary/aromatic N) is 1. The van der Waals surface area contributed by atoms with E-state index in [1.165, 1.54) is 12.1 Å². The highest BCUT2D eigenvalue weighted by Gasteiger charge is 2.32. The van der Waals surface area contributed by atoms with Gasteiger partial charge in [-0.25, -0.2) is 4.79 Å². The second-order valence-electron chi connectivity index (χ2n) is 7.25. The first-order chi connectivity index (χ1) is 13.1. The fourth-order valence-corrected chi connectivity index (χ4v) is 4.07. The Balaban J connectivity index is 2.12. The van der Waals surface area contributed by atoms with Crippen molar-refractivity contribution >= 4 is 17.6 Å². The first kappa shape index (κ1) is 20.7. The highest BCUT2D eigenvalue weighted by Crippen LogP contribution is 2.38. The van der Waals surface area contributed by atoms with Crippen molar-refractivity contribution in [1.82, 2.24) is 4.57 Å². The van der Waals surface area contributed by atoms with E-state index in [4.69, 9.17) is 11.6 Å².